The summed E-state index contributed by atoms with van der Waals surface area (Å²) in [5.41, 5.74) is 3.47. The molecule has 0 saturated heterocycles. The molecule has 4 atom stereocenters. The van der Waals surface area contributed by atoms with Gasteiger partial charge in [-0.05, 0) is 55.8 Å². The number of hydrogen-bond acceptors (Lipinski definition) is 2. The highest BCUT2D eigenvalue weighted by atomic mass is 16.1. The van der Waals surface area contributed by atoms with E-state index >= 15 is 0 Å². The molecule has 114 valence electrons. The average molecular weight is 286 g/mol. The van der Waals surface area contributed by atoms with Gasteiger partial charge >= 0.3 is 0 Å². The summed E-state index contributed by atoms with van der Waals surface area (Å²) in [5.74, 6) is 2.12. The van der Waals surface area contributed by atoms with Crippen LogP contribution in [0.5, 0.6) is 0 Å². The predicted octanol–water partition coefficient (Wildman–Crippen LogP) is 4.23. The van der Waals surface area contributed by atoms with Crippen LogP contribution in [-0.4, -0.2) is 11.6 Å². The van der Waals surface area contributed by atoms with Gasteiger partial charge in [0.15, 0.2) is 0 Å². The molecule has 0 spiro atoms. The molecule has 2 heteroatoms. The maximum atomic E-state index is 12.3. The summed E-state index contributed by atoms with van der Waals surface area (Å²) < 4.78 is 0. The van der Waals surface area contributed by atoms with Crippen molar-refractivity contribution in [3.05, 3.63) is 11.1 Å². The van der Waals surface area contributed by atoms with Crippen molar-refractivity contribution in [3.8, 4) is 0 Å². The van der Waals surface area contributed by atoms with Crippen LogP contribution in [0.4, 0.5) is 0 Å². The summed E-state index contributed by atoms with van der Waals surface area (Å²) in [6.07, 6.45) is 8.96. The molecule has 2 nitrogen and oxygen atoms in total. The van der Waals surface area contributed by atoms with Crippen molar-refractivity contribution < 1.29 is 9.59 Å². The van der Waals surface area contributed by atoms with Crippen LogP contribution in [0.1, 0.15) is 71.6 Å². The fourth-order valence-corrected chi connectivity index (χ4v) is 6.05. The van der Waals surface area contributed by atoms with E-state index < -0.39 is 0 Å². The lowest BCUT2D eigenvalue weighted by Gasteiger charge is -2.51. The van der Waals surface area contributed by atoms with Crippen molar-refractivity contribution in [1.82, 2.24) is 0 Å². The van der Waals surface area contributed by atoms with Gasteiger partial charge in [-0.15, -0.1) is 0 Å². The molecule has 0 heterocycles. The Balaban J connectivity index is 1.74. The molecule has 0 N–H and O–H groups in total. The first-order valence-electron chi connectivity index (χ1n) is 8.71. The molecule has 2 fully saturated rings. The molecular weight excluding hydrogens is 260 g/mol. The lowest BCUT2D eigenvalue weighted by atomic mass is 9.53. The minimum Gasteiger partial charge on any atom is -0.300 e. The van der Waals surface area contributed by atoms with E-state index in [2.05, 4.69) is 13.8 Å². The summed E-state index contributed by atoms with van der Waals surface area (Å²) >= 11 is 0. The predicted molar refractivity (Wildman–Crippen MR) is 81.8 cm³/mol. The highest BCUT2D eigenvalue weighted by Gasteiger charge is 2.54. The van der Waals surface area contributed by atoms with Crippen molar-refractivity contribution >= 4 is 11.6 Å². The number of fused-ring (bicyclic) bond motifs is 4. The van der Waals surface area contributed by atoms with E-state index in [1.807, 2.05) is 0 Å². The van der Waals surface area contributed by atoms with Crippen LogP contribution in [0.2, 0.25) is 0 Å². The molecule has 0 amide bonds. The van der Waals surface area contributed by atoms with Gasteiger partial charge in [-0.3, -0.25) is 9.59 Å². The molecule has 4 aliphatic carbocycles. The summed E-state index contributed by atoms with van der Waals surface area (Å²) in [4.78, 5) is 24.2. The van der Waals surface area contributed by atoms with Crippen LogP contribution in [-0.2, 0) is 9.59 Å². The highest BCUT2D eigenvalue weighted by Crippen LogP contribution is 2.61. The molecule has 0 bridgehead atoms. The SMILES string of the molecule is C[C@]12CCC3=C(CC[C@]4(C)C(=O)CC[C@@H]34)[C@H]1CCC(=O)C2. The number of carbonyl (C=O) groups is 2. The quantitative estimate of drug-likeness (QED) is 0.624. The molecule has 0 aromatic carbocycles. The van der Waals surface area contributed by atoms with Gasteiger partial charge in [-0.25, -0.2) is 0 Å². The Morgan fingerprint density at radius 2 is 1.52 bits per heavy atom. The van der Waals surface area contributed by atoms with Crippen molar-refractivity contribution in [2.45, 2.75) is 71.6 Å². The summed E-state index contributed by atoms with van der Waals surface area (Å²) in [7, 11) is 0. The van der Waals surface area contributed by atoms with E-state index in [1.54, 1.807) is 11.1 Å². The number of rotatable bonds is 0. The Morgan fingerprint density at radius 1 is 0.857 bits per heavy atom. The van der Waals surface area contributed by atoms with Crippen molar-refractivity contribution in [1.29, 1.82) is 0 Å². The second-order valence-corrected chi connectivity index (χ2v) is 8.44. The van der Waals surface area contributed by atoms with Crippen LogP contribution in [0.15, 0.2) is 11.1 Å². The third kappa shape index (κ3) is 1.77. The molecule has 0 radical (unpaired) electrons. The van der Waals surface area contributed by atoms with Crippen LogP contribution in [0, 0.1) is 22.7 Å². The van der Waals surface area contributed by atoms with E-state index in [4.69, 9.17) is 0 Å². The van der Waals surface area contributed by atoms with Crippen LogP contribution < -0.4 is 0 Å². The maximum absolute atomic E-state index is 12.3. The Bertz CT molecular complexity index is 558. The largest absolute Gasteiger partial charge is 0.300 e. The van der Waals surface area contributed by atoms with E-state index in [0.717, 1.165) is 57.8 Å². The van der Waals surface area contributed by atoms with E-state index in [9.17, 15) is 9.59 Å². The van der Waals surface area contributed by atoms with Crippen LogP contribution in [0.3, 0.4) is 0 Å². The van der Waals surface area contributed by atoms with Crippen molar-refractivity contribution in [2.24, 2.45) is 22.7 Å². The normalized spacial score (nSPS) is 46.2. The number of ketones is 2. The van der Waals surface area contributed by atoms with Gasteiger partial charge in [-0.2, -0.15) is 0 Å². The first kappa shape index (κ1) is 13.7. The van der Waals surface area contributed by atoms with Gasteiger partial charge in [0.1, 0.15) is 11.6 Å². The molecule has 0 aromatic rings. The van der Waals surface area contributed by atoms with Gasteiger partial charge in [0.05, 0.1) is 0 Å². The van der Waals surface area contributed by atoms with Crippen LogP contribution >= 0.6 is 0 Å². The third-order valence-corrected chi connectivity index (χ3v) is 7.35. The second-order valence-electron chi connectivity index (χ2n) is 8.44. The Hall–Kier alpha value is -0.920. The van der Waals surface area contributed by atoms with Gasteiger partial charge in [-0.1, -0.05) is 25.0 Å². The highest BCUT2D eigenvalue weighted by molar-refractivity contribution is 5.88. The minimum absolute atomic E-state index is 0.0585. The smallest absolute Gasteiger partial charge is 0.139 e. The van der Waals surface area contributed by atoms with Gasteiger partial charge in [0.25, 0.3) is 0 Å². The van der Waals surface area contributed by atoms with Crippen molar-refractivity contribution in [2.75, 3.05) is 0 Å². The number of Topliss-reactive ketones (excluding diaryl/α,β-unsaturated/α-hetero) is 2. The third-order valence-electron chi connectivity index (χ3n) is 7.35. The number of allylic oxidation sites excluding steroid dienone is 2. The summed E-state index contributed by atoms with van der Waals surface area (Å²) in [6.45, 7) is 4.56. The molecule has 4 rings (SSSR count). The maximum Gasteiger partial charge on any atom is 0.139 e. The molecule has 0 aliphatic heterocycles. The zero-order valence-corrected chi connectivity index (χ0v) is 13.3. The lowest BCUT2D eigenvalue weighted by molar-refractivity contribution is -0.126. The Labute approximate surface area is 127 Å². The standard InChI is InChI=1S/C19H26O2/c1-18-9-7-14-13(15(18)4-3-12(20)11-18)8-10-19(2)16(14)5-6-17(19)21/h15-16H,3-11H2,1-2H3/t15-,16+,18-,19+/m1/s1. The zero-order chi connectivity index (χ0) is 14.8. The molecule has 4 aliphatic rings. The first-order valence-corrected chi connectivity index (χ1v) is 8.71. The second kappa shape index (κ2) is 4.30. The van der Waals surface area contributed by atoms with E-state index in [-0.39, 0.29) is 10.8 Å². The number of hydrogen-bond donors (Lipinski definition) is 0. The van der Waals surface area contributed by atoms with Gasteiger partial charge in [0, 0.05) is 24.7 Å². The first-order chi connectivity index (χ1) is 9.94. The van der Waals surface area contributed by atoms with E-state index in [0.29, 0.717) is 23.4 Å². The van der Waals surface area contributed by atoms with Gasteiger partial charge in [0.2, 0.25) is 0 Å². The molecule has 21 heavy (non-hydrogen) atoms. The van der Waals surface area contributed by atoms with Crippen LogP contribution in [0.25, 0.3) is 0 Å². The van der Waals surface area contributed by atoms with E-state index in [1.165, 1.54) is 0 Å². The lowest BCUT2D eigenvalue weighted by Crippen LogP contribution is -2.43. The fraction of sp³-hybridized carbons (Fsp3) is 0.789. The molecular formula is C19H26O2. The average Bonchev–Trinajstić information content (AvgIpc) is 2.73. The van der Waals surface area contributed by atoms with Crippen molar-refractivity contribution in [3.63, 3.8) is 0 Å². The fourth-order valence-electron chi connectivity index (χ4n) is 6.05. The molecule has 2 saturated carbocycles. The topological polar surface area (TPSA) is 34.1 Å². The Kier molecular flexibility index (Phi) is 2.81. The molecule has 0 aromatic heterocycles. The Morgan fingerprint density at radius 3 is 2.33 bits per heavy atom. The molecule has 0 unspecified atom stereocenters. The summed E-state index contributed by atoms with van der Waals surface area (Å²) in [6, 6.07) is 0. The van der Waals surface area contributed by atoms with Gasteiger partial charge < -0.3 is 0 Å². The number of carbonyl (C=O) groups excluding carboxylic acids is 2. The summed E-state index contributed by atoms with van der Waals surface area (Å²) in [5, 5.41) is 0. The monoisotopic (exact) mass is 286 g/mol. The zero-order valence-electron chi connectivity index (χ0n) is 13.3. The minimum atomic E-state index is -0.0585.